The van der Waals surface area contributed by atoms with Crippen molar-refractivity contribution in [3.63, 3.8) is 0 Å². The minimum Gasteiger partial charge on any atom is -0.444 e. The normalized spacial score (nSPS) is 10.8. The van der Waals surface area contributed by atoms with Gasteiger partial charge in [0.2, 0.25) is 17.6 Å². The molecule has 0 atom stereocenters. The van der Waals surface area contributed by atoms with Crippen molar-refractivity contribution in [3.05, 3.63) is 54.1 Å². The van der Waals surface area contributed by atoms with Crippen LogP contribution in [0, 0.1) is 0 Å². The third-order valence-corrected chi connectivity index (χ3v) is 3.35. The first-order valence-corrected chi connectivity index (χ1v) is 7.90. The summed E-state index contributed by atoms with van der Waals surface area (Å²) in [6, 6.07) is 9.46. The standard InChI is InChI=1S/C17H18N4O4/c1-2-13-8-19-15(24-13)9-18-14(22)10-23-11-16-20-17(21-25-16)12-6-4-3-5-7-12/h3-8H,2,9-11H2,1H3,(H,18,22). The number of hydrogen-bond acceptors (Lipinski definition) is 7. The molecule has 0 spiro atoms. The van der Waals surface area contributed by atoms with Crippen LogP contribution in [0.25, 0.3) is 11.4 Å². The first kappa shape index (κ1) is 16.8. The van der Waals surface area contributed by atoms with E-state index >= 15 is 0 Å². The van der Waals surface area contributed by atoms with E-state index in [0.717, 1.165) is 17.7 Å². The van der Waals surface area contributed by atoms with Gasteiger partial charge in [0.25, 0.3) is 5.89 Å². The molecule has 0 unspecified atom stereocenters. The van der Waals surface area contributed by atoms with Gasteiger partial charge in [0, 0.05) is 12.0 Å². The number of nitrogens with zero attached hydrogens (tertiary/aromatic N) is 3. The lowest BCUT2D eigenvalue weighted by Gasteiger charge is -2.02. The summed E-state index contributed by atoms with van der Waals surface area (Å²) in [5.41, 5.74) is 0.854. The smallest absolute Gasteiger partial charge is 0.252 e. The van der Waals surface area contributed by atoms with Gasteiger partial charge in [-0.2, -0.15) is 4.98 Å². The predicted molar refractivity (Wildman–Crippen MR) is 87.1 cm³/mol. The van der Waals surface area contributed by atoms with Crippen molar-refractivity contribution in [1.29, 1.82) is 0 Å². The second-order valence-electron chi connectivity index (χ2n) is 5.22. The molecule has 8 heteroatoms. The van der Waals surface area contributed by atoms with Crippen molar-refractivity contribution in [2.45, 2.75) is 26.5 Å². The Morgan fingerprint density at radius 3 is 2.84 bits per heavy atom. The maximum absolute atomic E-state index is 11.7. The average Bonchev–Trinajstić information content (AvgIpc) is 3.30. The van der Waals surface area contributed by atoms with Crippen LogP contribution in [0.3, 0.4) is 0 Å². The van der Waals surface area contributed by atoms with Crippen molar-refractivity contribution >= 4 is 5.91 Å². The Morgan fingerprint density at radius 1 is 1.24 bits per heavy atom. The quantitative estimate of drug-likeness (QED) is 0.668. The number of aryl methyl sites for hydroxylation is 1. The molecular weight excluding hydrogens is 324 g/mol. The Bertz CT molecular complexity index is 813. The fourth-order valence-corrected chi connectivity index (χ4v) is 2.07. The van der Waals surface area contributed by atoms with Crippen molar-refractivity contribution in [2.24, 2.45) is 0 Å². The molecule has 3 rings (SSSR count). The van der Waals surface area contributed by atoms with Crippen molar-refractivity contribution < 1.29 is 18.5 Å². The van der Waals surface area contributed by atoms with Gasteiger partial charge in [-0.3, -0.25) is 4.79 Å². The highest BCUT2D eigenvalue weighted by Crippen LogP contribution is 2.14. The van der Waals surface area contributed by atoms with Gasteiger partial charge in [0.1, 0.15) is 19.0 Å². The minimum atomic E-state index is -0.279. The minimum absolute atomic E-state index is 0.0617. The van der Waals surface area contributed by atoms with Crippen molar-refractivity contribution in [2.75, 3.05) is 6.61 Å². The Labute approximate surface area is 144 Å². The Hall–Kier alpha value is -3.00. The van der Waals surface area contributed by atoms with Gasteiger partial charge < -0.3 is 19.0 Å². The number of carbonyl (C=O) groups excluding carboxylic acids is 1. The molecule has 3 aromatic rings. The van der Waals surface area contributed by atoms with Gasteiger partial charge in [-0.15, -0.1) is 0 Å². The van der Waals surface area contributed by atoms with Crippen LogP contribution in [0.2, 0.25) is 0 Å². The molecule has 0 saturated heterocycles. The van der Waals surface area contributed by atoms with Gasteiger partial charge in [-0.05, 0) is 0 Å². The summed E-state index contributed by atoms with van der Waals surface area (Å²) in [5, 5.41) is 6.55. The van der Waals surface area contributed by atoms with Gasteiger partial charge >= 0.3 is 0 Å². The molecule has 0 radical (unpaired) electrons. The molecule has 0 bridgehead atoms. The summed E-state index contributed by atoms with van der Waals surface area (Å²) >= 11 is 0. The van der Waals surface area contributed by atoms with E-state index in [1.807, 2.05) is 37.3 Å². The SMILES string of the molecule is CCc1cnc(CNC(=O)COCc2nc(-c3ccccc3)no2)o1. The average molecular weight is 342 g/mol. The lowest BCUT2D eigenvalue weighted by atomic mass is 10.2. The van der Waals surface area contributed by atoms with E-state index in [1.54, 1.807) is 6.20 Å². The van der Waals surface area contributed by atoms with Gasteiger partial charge in [-0.1, -0.05) is 42.4 Å². The molecule has 2 heterocycles. The van der Waals surface area contributed by atoms with E-state index < -0.39 is 0 Å². The third-order valence-electron chi connectivity index (χ3n) is 3.35. The number of amides is 1. The zero-order valence-electron chi connectivity index (χ0n) is 13.8. The van der Waals surface area contributed by atoms with E-state index in [-0.39, 0.29) is 25.7 Å². The fourth-order valence-electron chi connectivity index (χ4n) is 2.07. The summed E-state index contributed by atoms with van der Waals surface area (Å²) in [6.45, 7) is 2.13. The van der Waals surface area contributed by atoms with E-state index in [1.165, 1.54) is 0 Å². The monoisotopic (exact) mass is 342 g/mol. The topological polar surface area (TPSA) is 103 Å². The molecule has 8 nitrogen and oxygen atoms in total. The summed E-state index contributed by atoms with van der Waals surface area (Å²) in [5.74, 6) is 1.77. The summed E-state index contributed by atoms with van der Waals surface area (Å²) in [6.07, 6.45) is 2.41. The van der Waals surface area contributed by atoms with Crippen molar-refractivity contribution in [1.82, 2.24) is 20.4 Å². The highest BCUT2D eigenvalue weighted by molar-refractivity contribution is 5.77. The molecule has 1 aromatic carbocycles. The molecule has 0 aliphatic heterocycles. The van der Waals surface area contributed by atoms with Crippen LogP contribution < -0.4 is 5.32 Å². The molecule has 1 N–H and O–H groups in total. The zero-order valence-corrected chi connectivity index (χ0v) is 13.8. The summed E-state index contributed by atoms with van der Waals surface area (Å²) in [7, 11) is 0. The number of aromatic nitrogens is 3. The largest absolute Gasteiger partial charge is 0.444 e. The number of oxazole rings is 1. The number of nitrogens with one attached hydrogen (secondary N) is 1. The van der Waals surface area contributed by atoms with Crippen LogP contribution in [0.1, 0.15) is 24.5 Å². The number of ether oxygens (including phenoxy) is 1. The molecule has 130 valence electrons. The van der Waals surface area contributed by atoms with Gasteiger partial charge in [-0.25, -0.2) is 4.98 Å². The van der Waals surface area contributed by atoms with Crippen LogP contribution in [-0.4, -0.2) is 27.6 Å². The summed E-state index contributed by atoms with van der Waals surface area (Å²) < 4.78 is 15.8. The Kier molecular flexibility index (Phi) is 5.53. The highest BCUT2D eigenvalue weighted by atomic mass is 16.5. The highest BCUT2D eigenvalue weighted by Gasteiger charge is 2.10. The van der Waals surface area contributed by atoms with E-state index in [0.29, 0.717) is 17.6 Å². The molecule has 0 aliphatic carbocycles. The second kappa shape index (κ2) is 8.20. The number of benzene rings is 1. The summed E-state index contributed by atoms with van der Waals surface area (Å²) in [4.78, 5) is 20.0. The van der Waals surface area contributed by atoms with E-state index in [2.05, 4.69) is 20.4 Å². The van der Waals surface area contributed by atoms with Crippen molar-refractivity contribution in [3.8, 4) is 11.4 Å². The van der Waals surface area contributed by atoms with Crippen LogP contribution in [0.5, 0.6) is 0 Å². The van der Waals surface area contributed by atoms with Crippen LogP contribution in [0.4, 0.5) is 0 Å². The third kappa shape index (κ3) is 4.74. The van der Waals surface area contributed by atoms with Crippen LogP contribution in [0.15, 0.2) is 45.5 Å². The van der Waals surface area contributed by atoms with E-state index in [4.69, 9.17) is 13.7 Å². The Balaban J connectivity index is 1.40. The Morgan fingerprint density at radius 2 is 2.08 bits per heavy atom. The first-order valence-electron chi connectivity index (χ1n) is 7.90. The second-order valence-corrected chi connectivity index (χ2v) is 5.22. The molecule has 25 heavy (non-hydrogen) atoms. The number of hydrogen-bond donors (Lipinski definition) is 1. The van der Waals surface area contributed by atoms with Gasteiger partial charge in [0.05, 0.1) is 12.7 Å². The van der Waals surface area contributed by atoms with Gasteiger partial charge in [0.15, 0.2) is 0 Å². The lowest BCUT2D eigenvalue weighted by molar-refractivity contribution is -0.126. The number of rotatable bonds is 8. The first-order chi connectivity index (χ1) is 12.2. The maximum atomic E-state index is 11.7. The van der Waals surface area contributed by atoms with E-state index in [9.17, 15) is 4.79 Å². The molecule has 2 aromatic heterocycles. The maximum Gasteiger partial charge on any atom is 0.252 e. The number of carbonyl (C=O) groups is 1. The molecule has 0 aliphatic rings. The molecule has 0 saturated carbocycles. The fraction of sp³-hybridized carbons (Fsp3) is 0.294. The molecule has 0 fully saturated rings. The zero-order chi connectivity index (χ0) is 17.5. The van der Waals surface area contributed by atoms with Crippen LogP contribution >= 0.6 is 0 Å². The molecule has 1 amide bonds. The lowest BCUT2D eigenvalue weighted by Crippen LogP contribution is -2.27. The predicted octanol–water partition coefficient (Wildman–Crippen LogP) is 2.12. The molecular formula is C17H18N4O4. The van der Waals surface area contributed by atoms with Crippen LogP contribution in [-0.2, 0) is 29.1 Å².